The molecule has 2 amide bonds. The van der Waals surface area contributed by atoms with Gasteiger partial charge in [0.05, 0.1) is 23.0 Å². The SMILES string of the molecule is CCOC(=O)NNC(=O)C(C)SCc1nc2scc(-c3ccccc3)c2c(=O)[nH]1. The van der Waals surface area contributed by atoms with Crippen molar-refractivity contribution in [2.24, 2.45) is 0 Å². The number of benzene rings is 1. The molecule has 0 fully saturated rings. The monoisotopic (exact) mass is 432 g/mol. The summed E-state index contributed by atoms with van der Waals surface area (Å²) in [5.41, 5.74) is 6.08. The number of carbonyl (C=O) groups is 2. The van der Waals surface area contributed by atoms with Gasteiger partial charge in [-0.15, -0.1) is 23.1 Å². The van der Waals surface area contributed by atoms with E-state index < -0.39 is 11.3 Å². The molecule has 0 aliphatic carbocycles. The van der Waals surface area contributed by atoms with Gasteiger partial charge >= 0.3 is 6.09 Å². The molecular formula is C19H20N4O4S2. The number of hydrazine groups is 1. The highest BCUT2D eigenvalue weighted by Gasteiger charge is 2.17. The lowest BCUT2D eigenvalue weighted by molar-refractivity contribution is -0.121. The molecule has 0 saturated carbocycles. The van der Waals surface area contributed by atoms with Gasteiger partial charge in [0.25, 0.3) is 11.5 Å². The minimum Gasteiger partial charge on any atom is -0.449 e. The summed E-state index contributed by atoms with van der Waals surface area (Å²) in [7, 11) is 0. The highest BCUT2D eigenvalue weighted by atomic mass is 32.2. The van der Waals surface area contributed by atoms with Crippen LogP contribution in [0.5, 0.6) is 0 Å². The molecule has 2 aromatic heterocycles. The molecule has 0 aliphatic rings. The number of amides is 2. The molecule has 3 N–H and O–H groups in total. The Morgan fingerprint density at radius 3 is 2.76 bits per heavy atom. The first-order valence-corrected chi connectivity index (χ1v) is 10.8. The van der Waals surface area contributed by atoms with E-state index in [-0.39, 0.29) is 18.1 Å². The summed E-state index contributed by atoms with van der Waals surface area (Å²) < 4.78 is 4.67. The Balaban J connectivity index is 1.66. The quantitative estimate of drug-likeness (QED) is 0.516. The standard InChI is InChI=1S/C19H20N4O4S2/c1-3-27-19(26)23-22-16(24)11(2)28-10-14-20-17(25)15-13(9-29-18(15)21-14)12-7-5-4-6-8-12/h4-9,11H,3,10H2,1-2H3,(H,22,24)(H,23,26)(H,20,21,25). The third-order valence-electron chi connectivity index (χ3n) is 3.98. The van der Waals surface area contributed by atoms with E-state index in [0.717, 1.165) is 11.1 Å². The molecular weight excluding hydrogens is 412 g/mol. The maximum absolute atomic E-state index is 12.6. The molecule has 0 spiro atoms. The highest BCUT2D eigenvalue weighted by Crippen LogP contribution is 2.30. The van der Waals surface area contributed by atoms with Gasteiger partial charge in [0.15, 0.2) is 0 Å². The number of nitrogens with one attached hydrogen (secondary N) is 3. The van der Waals surface area contributed by atoms with Crippen molar-refractivity contribution in [2.75, 3.05) is 6.61 Å². The highest BCUT2D eigenvalue weighted by molar-refractivity contribution is 7.99. The van der Waals surface area contributed by atoms with Crippen LogP contribution in [-0.2, 0) is 15.3 Å². The first-order chi connectivity index (χ1) is 14.0. The molecule has 29 heavy (non-hydrogen) atoms. The molecule has 0 saturated heterocycles. The number of hydrogen-bond acceptors (Lipinski definition) is 7. The van der Waals surface area contributed by atoms with Crippen LogP contribution in [0, 0.1) is 0 Å². The van der Waals surface area contributed by atoms with Crippen LogP contribution in [0.15, 0.2) is 40.5 Å². The number of thiophene rings is 1. The van der Waals surface area contributed by atoms with Crippen molar-refractivity contribution in [1.29, 1.82) is 0 Å². The average Bonchev–Trinajstić information content (AvgIpc) is 3.15. The molecule has 1 aromatic carbocycles. The predicted molar refractivity (Wildman–Crippen MR) is 115 cm³/mol. The third kappa shape index (κ3) is 5.15. The Hall–Kier alpha value is -2.85. The maximum Gasteiger partial charge on any atom is 0.426 e. The molecule has 3 aromatic rings. The summed E-state index contributed by atoms with van der Waals surface area (Å²) in [5.74, 6) is 0.457. The van der Waals surface area contributed by atoms with Gasteiger partial charge in [-0.2, -0.15) is 0 Å². The Kier molecular flexibility index (Phi) is 6.89. The first kappa shape index (κ1) is 20.9. The van der Waals surface area contributed by atoms with Crippen molar-refractivity contribution in [3.8, 4) is 11.1 Å². The summed E-state index contributed by atoms with van der Waals surface area (Å²) in [4.78, 5) is 43.9. The van der Waals surface area contributed by atoms with Gasteiger partial charge in [-0.25, -0.2) is 15.2 Å². The van der Waals surface area contributed by atoms with E-state index in [1.165, 1.54) is 23.1 Å². The number of hydrogen-bond donors (Lipinski definition) is 3. The molecule has 3 rings (SSSR count). The second-order valence-corrected chi connectivity index (χ2v) is 8.18. The summed E-state index contributed by atoms with van der Waals surface area (Å²) in [6, 6.07) is 9.68. The fraction of sp³-hybridized carbons (Fsp3) is 0.263. The number of aromatic nitrogens is 2. The molecule has 10 heteroatoms. The van der Waals surface area contributed by atoms with Gasteiger partial charge < -0.3 is 9.72 Å². The van der Waals surface area contributed by atoms with E-state index in [9.17, 15) is 14.4 Å². The first-order valence-electron chi connectivity index (χ1n) is 8.89. The number of ether oxygens (including phenoxy) is 1. The molecule has 0 aliphatic heterocycles. The summed E-state index contributed by atoms with van der Waals surface area (Å²) in [6.07, 6.45) is -0.721. The van der Waals surface area contributed by atoms with Crippen LogP contribution in [0.1, 0.15) is 19.7 Å². The molecule has 1 atom stereocenters. The predicted octanol–water partition coefficient (Wildman–Crippen LogP) is 3.05. The Bertz CT molecular complexity index is 1070. The lowest BCUT2D eigenvalue weighted by atomic mass is 10.1. The van der Waals surface area contributed by atoms with Crippen LogP contribution in [0.25, 0.3) is 21.3 Å². The van der Waals surface area contributed by atoms with Crippen molar-refractivity contribution in [2.45, 2.75) is 24.9 Å². The van der Waals surface area contributed by atoms with Crippen molar-refractivity contribution in [3.05, 3.63) is 51.9 Å². The summed E-state index contributed by atoms with van der Waals surface area (Å²) in [5, 5.41) is 2.02. The van der Waals surface area contributed by atoms with Crippen LogP contribution >= 0.6 is 23.1 Å². The zero-order valence-electron chi connectivity index (χ0n) is 15.9. The number of carbonyl (C=O) groups excluding carboxylic acids is 2. The van der Waals surface area contributed by atoms with Gasteiger partial charge in [-0.05, 0) is 19.4 Å². The number of thioether (sulfide) groups is 1. The minimum atomic E-state index is -0.721. The number of fused-ring (bicyclic) bond motifs is 1. The van der Waals surface area contributed by atoms with E-state index >= 15 is 0 Å². The minimum absolute atomic E-state index is 0.202. The smallest absolute Gasteiger partial charge is 0.426 e. The number of rotatable bonds is 6. The molecule has 152 valence electrons. The summed E-state index contributed by atoms with van der Waals surface area (Å²) >= 11 is 2.70. The lowest BCUT2D eigenvalue weighted by Crippen LogP contribution is -2.45. The largest absolute Gasteiger partial charge is 0.449 e. The molecule has 2 heterocycles. The van der Waals surface area contributed by atoms with Gasteiger partial charge in [0, 0.05) is 10.9 Å². The number of nitrogens with zero attached hydrogens (tertiary/aromatic N) is 1. The van der Waals surface area contributed by atoms with E-state index in [1.807, 2.05) is 35.7 Å². The van der Waals surface area contributed by atoms with Gasteiger partial charge in [-0.3, -0.25) is 15.0 Å². The zero-order valence-corrected chi connectivity index (χ0v) is 17.5. The van der Waals surface area contributed by atoms with E-state index in [1.54, 1.807) is 13.8 Å². The van der Waals surface area contributed by atoms with Crippen molar-refractivity contribution >= 4 is 45.3 Å². The van der Waals surface area contributed by atoms with Crippen LogP contribution in [-0.4, -0.2) is 33.8 Å². The fourth-order valence-corrected chi connectivity index (χ4v) is 4.27. The van der Waals surface area contributed by atoms with Crippen LogP contribution in [0.3, 0.4) is 0 Å². The van der Waals surface area contributed by atoms with Crippen LogP contribution < -0.4 is 16.4 Å². The third-order valence-corrected chi connectivity index (χ3v) is 6.01. The van der Waals surface area contributed by atoms with Crippen molar-refractivity contribution < 1.29 is 14.3 Å². The lowest BCUT2D eigenvalue weighted by Gasteiger charge is -2.12. The maximum atomic E-state index is 12.6. The Morgan fingerprint density at radius 2 is 2.03 bits per heavy atom. The Labute approximate surface area is 175 Å². The van der Waals surface area contributed by atoms with Gasteiger partial charge in [0.2, 0.25) is 0 Å². The van der Waals surface area contributed by atoms with E-state index in [2.05, 4.69) is 25.6 Å². The average molecular weight is 433 g/mol. The second kappa shape index (κ2) is 9.57. The molecule has 1 unspecified atom stereocenters. The second-order valence-electron chi connectivity index (χ2n) is 6.00. The normalized spacial score (nSPS) is 11.8. The van der Waals surface area contributed by atoms with Crippen molar-refractivity contribution in [1.82, 2.24) is 20.8 Å². The zero-order chi connectivity index (χ0) is 20.8. The van der Waals surface area contributed by atoms with Crippen LogP contribution in [0.4, 0.5) is 4.79 Å². The summed E-state index contributed by atoms with van der Waals surface area (Å²) in [6.45, 7) is 3.57. The Morgan fingerprint density at radius 1 is 1.28 bits per heavy atom. The number of aromatic amines is 1. The van der Waals surface area contributed by atoms with E-state index in [0.29, 0.717) is 21.8 Å². The van der Waals surface area contributed by atoms with Crippen LogP contribution in [0.2, 0.25) is 0 Å². The van der Waals surface area contributed by atoms with Crippen molar-refractivity contribution in [3.63, 3.8) is 0 Å². The number of H-pyrrole nitrogens is 1. The molecule has 8 nitrogen and oxygen atoms in total. The fourth-order valence-electron chi connectivity index (χ4n) is 2.55. The molecule has 0 bridgehead atoms. The molecule has 0 radical (unpaired) electrons. The van der Waals surface area contributed by atoms with E-state index in [4.69, 9.17) is 0 Å². The topological polar surface area (TPSA) is 113 Å². The van der Waals surface area contributed by atoms with Gasteiger partial charge in [0.1, 0.15) is 10.7 Å². The van der Waals surface area contributed by atoms with Gasteiger partial charge in [-0.1, -0.05) is 30.3 Å².